The fourth-order valence-electron chi connectivity index (χ4n) is 6.32. The van der Waals surface area contributed by atoms with Crippen LogP contribution in [-0.4, -0.2) is 33.0 Å². The summed E-state index contributed by atoms with van der Waals surface area (Å²) in [7, 11) is 0. The van der Waals surface area contributed by atoms with Gasteiger partial charge in [0, 0.05) is 25.2 Å². The van der Waals surface area contributed by atoms with Crippen molar-refractivity contribution in [1.82, 2.24) is 14.0 Å². The maximum absolute atomic E-state index is 14.9. The topological polar surface area (TPSA) is 69.6 Å². The smallest absolute Gasteiger partial charge is 0.455 e. The van der Waals surface area contributed by atoms with Gasteiger partial charge in [0.1, 0.15) is 17.2 Å². The molecule has 1 fully saturated rings. The summed E-state index contributed by atoms with van der Waals surface area (Å²) in [6.45, 7) is 3.53. The van der Waals surface area contributed by atoms with Gasteiger partial charge in [-0.15, -0.1) is 0 Å². The van der Waals surface area contributed by atoms with Crippen LogP contribution < -0.4 is 62.6 Å². The van der Waals surface area contributed by atoms with E-state index in [-0.39, 0.29) is 128 Å². The van der Waals surface area contributed by atoms with Crippen LogP contribution in [0.4, 0.5) is 30.7 Å². The van der Waals surface area contributed by atoms with Gasteiger partial charge in [0.25, 0.3) is 5.56 Å². The summed E-state index contributed by atoms with van der Waals surface area (Å²) >= 11 is 2.94. The van der Waals surface area contributed by atoms with Crippen LogP contribution in [0.1, 0.15) is 66.2 Å². The summed E-state index contributed by atoms with van der Waals surface area (Å²) in [5.74, 6) is -0.335. The predicted molar refractivity (Wildman–Crippen MR) is 183 cm³/mol. The molecule has 0 saturated carbocycles. The second-order valence-corrected chi connectivity index (χ2v) is 11.5. The molecule has 0 amide bonds. The molecule has 16 heteroatoms. The largest absolute Gasteiger partial charge is 1.00 e. The molecule has 1 saturated heterocycles. The summed E-state index contributed by atoms with van der Waals surface area (Å²) < 4.78 is 109. The fourth-order valence-corrected chi connectivity index (χ4v) is 6.32. The van der Waals surface area contributed by atoms with Crippen LogP contribution >= 0.6 is 15.9 Å². The minimum atomic E-state index is -4.90. The van der Waals surface area contributed by atoms with Crippen LogP contribution in [0.5, 0.6) is 0 Å². The molecule has 280 valence electrons. The molecular weight excluding hydrogens is 790 g/mol. The molecule has 0 atom stereocenters. The Morgan fingerprint density at radius 2 is 1.46 bits per heavy atom. The van der Waals surface area contributed by atoms with Crippen molar-refractivity contribution in [2.24, 2.45) is 0 Å². The summed E-state index contributed by atoms with van der Waals surface area (Å²) in [6, 6.07) is 13.7. The van der Waals surface area contributed by atoms with Gasteiger partial charge in [-0.2, -0.15) is 26.3 Å². The van der Waals surface area contributed by atoms with E-state index in [1.54, 1.807) is 18.2 Å². The first kappa shape index (κ1) is 46.1. The average molecular weight is 831 g/mol. The first-order valence-corrected chi connectivity index (χ1v) is 17.5. The van der Waals surface area contributed by atoms with Crippen molar-refractivity contribution in [3.8, 4) is 0 Å². The first-order chi connectivity index (χ1) is 23.8. The van der Waals surface area contributed by atoms with E-state index in [0.717, 1.165) is 39.0 Å². The molecule has 0 radical (unpaired) electrons. The Bertz CT molecular complexity index is 1870. The summed E-state index contributed by atoms with van der Waals surface area (Å²) in [6.07, 6.45) is -8.82. The summed E-state index contributed by atoms with van der Waals surface area (Å²) in [5, 5.41) is 0. The number of hydrogen-bond donors (Lipinski definition) is 0. The Kier molecular flexibility index (Phi) is 17.3. The van der Waals surface area contributed by atoms with Gasteiger partial charge in [0.05, 0.1) is 36.5 Å². The number of ether oxygens (including phenoxy) is 1. The second kappa shape index (κ2) is 19.5. The second-order valence-electron chi connectivity index (χ2n) is 11.5. The average Bonchev–Trinajstić information content (AvgIpc) is 3.72. The molecule has 2 aliphatic heterocycles. The van der Waals surface area contributed by atoms with Crippen molar-refractivity contribution >= 4 is 15.9 Å². The number of nitrogens with zero attached hydrogens (tertiary/aromatic N) is 3. The van der Waals surface area contributed by atoms with Gasteiger partial charge in [-0.3, -0.25) is 18.8 Å². The number of benzene rings is 2. The number of rotatable bonds is 7. The van der Waals surface area contributed by atoms with E-state index < -0.39 is 58.5 Å². The molecule has 2 aromatic heterocycles. The van der Waals surface area contributed by atoms with Crippen molar-refractivity contribution in [1.29, 1.82) is 0 Å². The third kappa shape index (κ3) is 10.2. The number of aryl methyl sites for hydroxylation is 1. The Morgan fingerprint density at radius 3 is 2.04 bits per heavy atom. The maximum atomic E-state index is 14.9. The van der Waals surface area contributed by atoms with Crippen molar-refractivity contribution in [3.05, 3.63) is 134 Å². The van der Waals surface area contributed by atoms with Gasteiger partial charge < -0.3 is 16.6 Å². The SMILES string of the molecule is CBr.CC.O=c1c2c(n(Cc3c(F)cccc3C(F)(F)F)c(=O)n1CCc1ccccc1)COC21CCN(Cc2ccc(C(F)(F)F)o2)CC1.[CH3-].[K+]. The van der Waals surface area contributed by atoms with E-state index >= 15 is 0 Å². The number of hydrogen-bond acceptors (Lipinski definition) is 5. The number of likely N-dealkylation sites (tertiary alicyclic amines) is 1. The Balaban J connectivity index is 0.00000151. The normalized spacial score (nSPS) is 15.0. The molecule has 0 unspecified atom stereocenters. The monoisotopic (exact) mass is 829 g/mol. The molecule has 1 spiro atoms. The zero-order chi connectivity index (χ0) is 36.9. The predicted octanol–water partition coefficient (Wildman–Crippen LogP) is 5.58. The van der Waals surface area contributed by atoms with E-state index in [0.29, 0.717) is 0 Å². The van der Waals surface area contributed by atoms with E-state index in [1.807, 2.05) is 36.7 Å². The molecule has 0 N–H and O–H groups in total. The zero-order valence-corrected chi connectivity index (χ0v) is 34.3. The number of fused-ring (bicyclic) bond motifs is 2. The van der Waals surface area contributed by atoms with Crippen LogP contribution in [0.2, 0.25) is 0 Å². The van der Waals surface area contributed by atoms with E-state index in [4.69, 9.17) is 9.15 Å². The Hall–Kier alpha value is -2.05. The molecule has 0 aliphatic carbocycles. The molecule has 4 heterocycles. The Morgan fingerprint density at radius 1 is 0.827 bits per heavy atom. The fraction of sp³-hybridized carbons (Fsp3) is 0.417. The van der Waals surface area contributed by atoms with Crippen LogP contribution in [-0.2, 0) is 55.4 Å². The van der Waals surface area contributed by atoms with Crippen molar-refractivity contribution in [3.63, 3.8) is 0 Å². The molecule has 6 rings (SSSR count). The number of alkyl halides is 7. The third-order valence-electron chi connectivity index (χ3n) is 8.67. The van der Waals surface area contributed by atoms with Crippen LogP contribution in [0.3, 0.4) is 0 Å². The minimum absolute atomic E-state index is 0. The first-order valence-electron chi connectivity index (χ1n) is 15.9. The van der Waals surface area contributed by atoms with Gasteiger partial charge in [-0.25, -0.2) is 9.18 Å². The van der Waals surface area contributed by atoms with Gasteiger partial charge in [0.2, 0.25) is 5.76 Å². The van der Waals surface area contributed by atoms with Crippen molar-refractivity contribution in [2.45, 2.75) is 77.3 Å². The molecule has 2 aromatic carbocycles. The number of piperidine rings is 1. The molecular formula is C36H40BrF7KN3O4. The van der Waals surface area contributed by atoms with E-state index in [1.165, 1.54) is 6.07 Å². The van der Waals surface area contributed by atoms with Gasteiger partial charge in [-0.05, 0) is 54.9 Å². The van der Waals surface area contributed by atoms with Crippen LogP contribution in [0.15, 0.2) is 74.7 Å². The van der Waals surface area contributed by atoms with E-state index in [2.05, 4.69) is 15.9 Å². The van der Waals surface area contributed by atoms with Crippen LogP contribution in [0, 0.1) is 13.2 Å². The van der Waals surface area contributed by atoms with Crippen molar-refractivity contribution < 1.29 is 91.3 Å². The Labute approximate surface area is 348 Å². The summed E-state index contributed by atoms with van der Waals surface area (Å²) in [4.78, 5) is 29.7. The van der Waals surface area contributed by atoms with Crippen molar-refractivity contribution in [2.75, 3.05) is 18.9 Å². The molecule has 4 aromatic rings. The van der Waals surface area contributed by atoms with Gasteiger partial charge >= 0.3 is 69.4 Å². The number of furan rings is 1. The minimum Gasteiger partial charge on any atom is -0.455 e. The zero-order valence-electron chi connectivity index (χ0n) is 29.6. The maximum Gasteiger partial charge on any atom is 1.00 e. The van der Waals surface area contributed by atoms with E-state index in [9.17, 15) is 40.3 Å². The molecule has 52 heavy (non-hydrogen) atoms. The molecule has 2 aliphatic rings. The molecule has 0 bridgehead atoms. The number of aromatic nitrogens is 2. The number of halogens is 8. The van der Waals surface area contributed by atoms with Gasteiger partial charge in [-0.1, -0.05) is 66.2 Å². The van der Waals surface area contributed by atoms with Crippen LogP contribution in [0.25, 0.3) is 0 Å². The molecule has 7 nitrogen and oxygen atoms in total. The quantitative estimate of drug-likeness (QED) is 0.105. The van der Waals surface area contributed by atoms with Gasteiger partial charge in [0.15, 0.2) is 0 Å². The standard InChI is InChI=1S/C32H28F7N3O4.C2H6.CH3Br.CH3.K/c33-24-8-4-7-23(31(34,35)36)22(24)18-42-25-19-45-30(12-15-40(16-13-30)17-21-9-10-26(46-21)32(37,38)39)27(25)28(43)41(29(42)44)14-11-20-5-2-1-3-6-20;2*1-2;;/h1-10H,11-19H2;1-2H3;1H3;1H3;/q;;;-1;+1. The summed E-state index contributed by atoms with van der Waals surface area (Å²) in [5.41, 5.74) is -3.66. The third-order valence-corrected chi connectivity index (χ3v) is 8.67.